The van der Waals surface area contributed by atoms with E-state index in [9.17, 15) is 8.42 Å². The van der Waals surface area contributed by atoms with Gasteiger partial charge < -0.3 is 5.73 Å². The minimum atomic E-state index is -3.43. The van der Waals surface area contributed by atoms with Gasteiger partial charge in [-0.05, 0) is 37.6 Å². The molecule has 1 aromatic heterocycles. The zero-order valence-electron chi connectivity index (χ0n) is 11.5. The van der Waals surface area contributed by atoms with E-state index in [1.807, 2.05) is 13.8 Å². The van der Waals surface area contributed by atoms with Crippen LogP contribution in [0.3, 0.4) is 0 Å². The highest BCUT2D eigenvalue weighted by molar-refractivity contribution is 7.89. The minimum Gasteiger partial charge on any atom is -0.382 e. The molecule has 0 unspecified atom stereocenters. The van der Waals surface area contributed by atoms with Gasteiger partial charge in [0.25, 0.3) is 0 Å². The molecule has 2 rings (SSSR count). The first-order chi connectivity index (χ1) is 9.44. The predicted octanol–water partition coefficient (Wildman–Crippen LogP) is 1.45. The summed E-state index contributed by atoms with van der Waals surface area (Å²) in [6.45, 7) is 4.21. The first kappa shape index (κ1) is 14.5. The van der Waals surface area contributed by atoms with Crippen molar-refractivity contribution in [3.63, 3.8) is 0 Å². The topological polar surface area (TPSA) is 90.0 Å². The van der Waals surface area contributed by atoms with Crippen LogP contribution in [-0.4, -0.2) is 24.7 Å². The van der Waals surface area contributed by atoms with Crippen LogP contribution in [0.25, 0.3) is 5.69 Å². The number of nitrogen functional groups attached to an aromatic ring is 1. The van der Waals surface area contributed by atoms with Gasteiger partial charge in [0.15, 0.2) is 0 Å². The molecule has 6 nitrogen and oxygen atoms in total. The Balaban J connectivity index is 2.26. The molecule has 0 saturated carbocycles. The number of hydrogen-bond acceptors (Lipinski definition) is 4. The van der Waals surface area contributed by atoms with Crippen LogP contribution in [0, 0.1) is 6.92 Å². The lowest BCUT2D eigenvalue weighted by Gasteiger charge is -2.06. The van der Waals surface area contributed by atoms with Crippen molar-refractivity contribution in [3.8, 4) is 5.69 Å². The molecule has 0 radical (unpaired) electrons. The Kier molecular flexibility index (Phi) is 4.10. The summed E-state index contributed by atoms with van der Waals surface area (Å²) in [6, 6.07) is 6.51. The van der Waals surface area contributed by atoms with Crippen LogP contribution >= 0.6 is 0 Å². The second-order valence-electron chi connectivity index (χ2n) is 4.53. The third kappa shape index (κ3) is 3.00. The van der Waals surface area contributed by atoms with Crippen LogP contribution in [0.2, 0.25) is 0 Å². The van der Waals surface area contributed by atoms with E-state index >= 15 is 0 Å². The number of anilines is 1. The highest BCUT2D eigenvalue weighted by Gasteiger charge is 2.13. The summed E-state index contributed by atoms with van der Waals surface area (Å²) in [6.07, 6.45) is 2.55. The fourth-order valence-electron chi connectivity index (χ4n) is 1.70. The fraction of sp³-hybridized carbons (Fsp3) is 0.308. The average Bonchev–Trinajstić information content (AvgIpc) is 2.77. The first-order valence-electron chi connectivity index (χ1n) is 6.36. The van der Waals surface area contributed by atoms with E-state index in [4.69, 9.17) is 5.73 Å². The van der Waals surface area contributed by atoms with Gasteiger partial charge in [0, 0.05) is 18.3 Å². The van der Waals surface area contributed by atoms with Crippen LogP contribution < -0.4 is 10.5 Å². The van der Waals surface area contributed by atoms with Gasteiger partial charge in [0.2, 0.25) is 10.0 Å². The molecule has 0 fully saturated rings. The maximum absolute atomic E-state index is 11.9. The molecule has 0 spiro atoms. The number of aromatic nitrogens is 2. The smallest absolute Gasteiger partial charge is 0.240 e. The molecule has 1 aromatic carbocycles. The van der Waals surface area contributed by atoms with Crippen LogP contribution in [0.15, 0.2) is 35.4 Å². The Morgan fingerprint density at radius 2 is 1.95 bits per heavy atom. The van der Waals surface area contributed by atoms with Crippen molar-refractivity contribution in [2.75, 3.05) is 12.3 Å². The third-order valence-corrected chi connectivity index (χ3v) is 4.37. The number of benzene rings is 1. The highest BCUT2D eigenvalue weighted by Crippen LogP contribution is 2.16. The van der Waals surface area contributed by atoms with Crippen LogP contribution in [0.1, 0.15) is 18.9 Å². The number of sulfonamides is 1. The normalized spacial score (nSPS) is 11.7. The monoisotopic (exact) mass is 294 g/mol. The van der Waals surface area contributed by atoms with Gasteiger partial charge in [-0.2, -0.15) is 5.10 Å². The van der Waals surface area contributed by atoms with E-state index < -0.39 is 10.0 Å². The largest absolute Gasteiger partial charge is 0.382 e. The molecule has 0 atom stereocenters. The van der Waals surface area contributed by atoms with Gasteiger partial charge in [0.1, 0.15) is 5.82 Å². The van der Waals surface area contributed by atoms with Gasteiger partial charge in [-0.3, -0.25) is 0 Å². The van der Waals surface area contributed by atoms with Crippen molar-refractivity contribution in [3.05, 3.63) is 36.0 Å². The standard InChI is InChI=1S/C13H18N4O2S/c1-3-8-15-20(18,19)12-6-4-11(5-7-12)17-9-10(2)13(14)16-17/h4-7,9,15H,3,8H2,1-2H3,(H2,14,16). The lowest BCUT2D eigenvalue weighted by atomic mass is 10.3. The van der Waals surface area contributed by atoms with Crippen LogP contribution in [0.4, 0.5) is 5.82 Å². The zero-order chi connectivity index (χ0) is 14.8. The quantitative estimate of drug-likeness (QED) is 0.873. The third-order valence-electron chi connectivity index (χ3n) is 2.89. The van der Waals surface area contributed by atoms with Crippen LogP contribution in [-0.2, 0) is 10.0 Å². The van der Waals surface area contributed by atoms with E-state index in [2.05, 4.69) is 9.82 Å². The summed E-state index contributed by atoms with van der Waals surface area (Å²) in [4.78, 5) is 0.242. The van der Waals surface area contributed by atoms with Crippen molar-refractivity contribution in [1.29, 1.82) is 0 Å². The summed E-state index contributed by atoms with van der Waals surface area (Å²) in [7, 11) is -3.43. The Morgan fingerprint density at radius 3 is 2.45 bits per heavy atom. The van der Waals surface area contributed by atoms with Gasteiger partial charge in [-0.25, -0.2) is 17.8 Å². The van der Waals surface area contributed by atoms with Crippen LogP contribution in [0.5, 0.6) is 0 Å². The maximum atomic E-state index is 11.9. The minimum absolute atomic E-state index is 0.242. The van der Waals surface area contributed by atoms with Gasteiger partial charge in [0.05, 0.1) is 10.6 Å². The van der Waals surface area contributed by atoms with Crippen molar-refractivity contribution in [1.82, 2.24) is 14.5 Å². The Hall–Kier alpha value is -1.86. The molecule has 0 aliphatic heterocycles. The summed E-state index contributed by atoms with van der Waals surface area (Å²) < 4.78 is 28.0. The van der Waals surface area contributed by atoms with Gasteiger partial charge in [-0.15, -0.1) is 0 Å². The molecule has 20 heavy (non-hydrogen) atoms. The zero-order valence-corrected chi connectivity index (χ0v) is 12.3. The first-order valence-corrected chi connectivity index (χ1v) is 7.84. The van der Waals surface area contributed by atoms with Crippen molar-refractivity contribution < 1.29 is 8.42 Å². The highest BCUT2D eigenvalue weighted by atomic mass is 32.2. The molecular weight excluding hydrogens is 276 g/mol. The Bertz CT molecular complexity index is 670. The maximum Gasteiger partial charge on any atom is 0.240 e. The second-order valence-corrected chi connectivity index (χ2v) is 6.30. The second kappa shape index (κ2) is 5.64. The molecule has 0 bridgehead atoms. The summed E-state index contributed by atoms with van der Waals surface area (Å²) in [5, 5.41) is 4.15. The summed E-state index contributed by atoms with van der Waals surface area (Å²) in [5.74, 6) is 0.464. The summed E-state index contributed by atoms with van der Waals surface area (Å²) in [5.41, 5.74) is 7.34. The lowest BCUT2D eigenvalue weighted by molar-refractivity contribution is 0.581. The van der Waals surface area contributed by atoms with Gasteiger partial charge in [-0.1, -0.05) is 6.92 Å². The Morgan fingerprint density at radius 1 is 1.30 bits per heavy atom. The SMILES string of the molecule is CCCNS(=O)(=O)c1ccc(-n2cc(C)c(N)n2)cc1. The molecule has 1 heterocycles. The predicted molar refractivity (Wildman–Crippen MR) is 78.2 cm³/mol. The van der Waals surface area contributed by atoms with E-state index in [1.165, 1.54) is 0 Å². The lowest BCUT2D eigenvalue weighted by Crippen LogP contribution is -2.24. The molecule has 2 aromatic rings. The number of nitrogens with one attached hydrogen (secondary N) is 1. The van der Waals surface area contributed by atoms with Gasteiger partial charge >= 0.3 is 0 Å². The molecule has 0 saturated heterocycles. The Labute approximate surface area is 118 Å². The van der Waals surface area contributed by atoms with E-state index in [0.29, 0.717) is 12.4 Å². The molecule has 7 heteroatoms. The van der Waals surface area contributed by atoms with E-state index in [1.54, 1.807) is 35.1 Å². The molecule has 0 aliphatic carbocycles. The fourth-order valence-corrected chi connectivity index (χ4v) is 2.84. The van der Waals surface area contributed by atoms with Crippen molar-refractivity contribution in [2.45, 2.75) is 25.2 Å². The molecule has 0 amide bonds. The number of aryl methyl sites for hydroxylation is 1. The number of rotatable bonds is 5. The molecule has 3 N–H and O–H groups in total. The van der Waals surface area contributed by atoms with E-state index in [-0.39, 0.29) is 4.90 Å². The average molecular weight is 294 g/mol. The molecule has 0 aliphatic rings. The van der Waals surface area contributed by atoms with Crippen molar-refractivity contribution in [2.24, 2.45) is 0 Å². The molecule has 108 valence electrons. The summed E-state index contributed by atoms with van der Waals surface area (Å²) >= 11 is 0. The van der Waals surface area contributed by atoms with E-state index in [0.717, 1.165) is 17.7 Å². The molecular formula is C13H18N4O2S. The number of hydrogen-bond donors (Lipinski definition) is 2. The number of nitrogens with two attached hydrogens (primary N) is 1. The number of nitrogens with zero attached hydrogens (tertiary/aromatic N) is 2. The van der Waals surface area contributed by atoms with Crippen molar-refractivity contribution >= 4 is 15.8 Å².